The summed E-state index contributed by atoms with van der Waals surface area (Å²) in [5, 5.41) is -1.27. The Morgan fingerprint density at radius 1 is 1.15 bits per heavy atom. The molecule has 1 atom stereocenters. The van der Waals surface area contributed by atoms with Gasteiger partial charge in [-0.2, -0.15) is 13.2 Å². The van der Waals surface area contributed by atoms with Crippen molar-refractivity contribution in [1.29, 1.82) is 0 Å². The summed E-state index contributed by atoms with van der Waals surface area (Å²) in [4.78, 5) is 3.60. The molecule has 0 spiro atoms. The van der Waals surface area contributed by atoms with E-state index in [1.54, 1.807) is 23.6 Å². The number of hydrogen-bond acceptors (Lipinski definition) is 4. The summed E-state index contributed by atoms with van der Waals surface area (Å²) in [5.74, 6) is 0.559. The second kappa shape index (κ2) is 9.54. The molecular weight excluding hydrogens is 502 g/mol. The van der Waals surface area contributed by atoms with E-state index in [4.69, 9.17) is 27.9 Å². The molecule has 6 nitrogen and oxygen atoms in total. The summed E-state index contributed by atoms with van der Waals surface area (Å²) in [6, 6.07) is 7.80. The summed E-state index contributed by atoms with van der Waals surface area (Å²) in [6.07, 6.45) is -3.27. The van der Waals surface area contributed by atoms with Gasteiger partial charge in [0.2, 0.25) is 10.0 Å². The molecule has 1 heterocycles. The molecule has 0 aliphatic heterocycles. The number of alkyl halides is 3. The molecule has 3 rings (SSSR count). The monoisotopic (exact) mass is 521 g/mol. The van der Waals surface area contributed by atoms with E-state index < -0.39 is 42.7 Å². The molecule has 1 aromatic heterocycles. The molecule has 0 aliphatic rings. The zero-order valence-electron chi connectivity index (χ0n) is 17.7. The van der Waals surface area contributed by atoms with Gasteiger partial charge in [-0.05, 0) is 45.0 Å². The van der Waals surface area contributed by atoms with Gasteiger partial charge >= 0.3 is 12.2 Å². The first-order valence-corrected chi connectivity index (χ1v) is 12.0. The van der Waals surface area contributed by atoms with Gasteiger partial charge in [-0.15, -0.1) is 0 Å². The maximum absolute atomic E-state index is 13.0. The Hall–Kier alpha value is -2.27. The minimum absolute atomic E-state index is 0.257. The van der Waals surface area contributed by atoms with Gasteiger partial charge in [-0.1, -0.05) is 40.9 Å². The van der Waals surface area contributed by atoms with Crippen LogP contribution in [0.15, 0.2) is 47.5 Å². The number of sulfonamides is 1. The van der Waals surface area contributed by atoms with Crippen molar-refractivity contribution in [3.63, 3.8) is 0 Å². The minimum atomic E-state index is -4.72. The fraction of sp³-hybridized carbons (Fsp3) is 0.286. The highest BCUT2D eigenvalue weighted by Gasteiger charge is 2.34. The number of nitrogens with zero attached hydrogens (tertiary/aromatic N) is 2. The number of rotatable bonds is 7. The Labute approximate surface area is 199 Å². The number of aryl methyl sites for hydroxylation is 1. The van der Waals surface area contributed by atoms with Crippen LogP contribution in [-0.2, 0) is 22.7 Å². The maximum atomic E-state index is 13.0. The molecular formula is C21H20Cl2F3N3O3S. The van der Waals surface area contributed by atoms with E-state index in [1.807, 2.05) is 26.0 Å². The third-order valence-electron chi connectivity index (χ3n) is 4.77. The van der Waals surface area contributed by atoms with E-state index in [2.05, 4.69) is 9.71 Å². The van der Waals surface area contributed by atoms with Gasteiger partial charge in [0, 0.05) is 6.54 Å². The second-order valence-corrected chi connectivity index (χ2v) is 9.70. The van der Waals surface area contributed by atoms with Crippen LogP contribution < -0.4 is 9.46 Å². The fourth-order valence-corrected chi connectivity index (χ4v) is 5.59. The fourth-order valence-electron chi connectivity index (χ4n) is 3.16. The molecule has 0 bridgehead atoms. The number of aromatic nitrogens is 2. The molecule has 1 N–H and O–H groups in total. The lowest BCUT2D eigenvalue weighted by Crippen LogP contribution is -2.29. The maximum Gasteiger partial charge on any atom is 0.416 e. The minimum Gasteiger partial charge on any atom is -0.426 e. The van der Waals surface area contributed by atoms with E-state index in [0.29, 0.717) is 30.1 Å². The van der Waals surface area contributed by atoms with E-state index in [-0.39, 0.29) is 6.01 Å². The molecule has 2 aromatic carbocycles. The second-order valence-electron chi connectivity index (χ2n) is 7.23. The van der Waals surface area contributed by atoms with Crippen LogP contribution in [0, 0.1) is 6.92 Å². The molecule has 33 heavy (non-hydrogen) atoms. The lowest BCUT2D eigenvalue weighted by molar-refractivity contribution is -0.137. The Morgan fingerprint density at radius 3 is 2.24 bits per heavy atom. The molecule has 3 aromatic rings. The Balaban J connectivity index is 1.88. The van der Waals surface area contributed by atoms with Gasteiger partial charge in [0.15, 0.2) is 0 Å². The normalized spacial score (nSPS) is 13.2. The van der Waals surface area contributed by atoms with Crippen LogP contribution in [-0.4, -0.2) is 18.0 Å². The SMILES string of the molecule is CCn1c(C(C)NS(=O)(=O)c2c(Cl)cc(C(F)(F)F)cc2Cl)cnc1Oc1ccc(C)cc1. The summed E-state index contributed by atoms with van der Waals surface area (Å²) in [5.41, 5.74) is 0.388. The highest BCUT2D eigenvalue weighted by atomic mass is 35.5. The summed E-state index contributed by atoms with van der Waals surface area (Å²) >= 11 is 11.8. The average molecular weight is 522 g/mol. The van der Waals surface area contributed by atoms with Crippen LogP contribution >= 0.6 is 23.2 Å². The zero-order valence-corrected chi connectivity index (χ0v) is 20.1. The van der Waals surface area contributed by atoms with Crippen molar-refractivity contribution in [2.75, 3.05) is 0 Å². The van der Waals surface area contributed by atoms with Crippen molar-refractivity contribution in [2.45, 2.75) is 44.4 Å². The van der Waals surface area contributed by atoms with Crippen molar-refractivity contribution in [1.82, 2.24) is 14.3 Å². The highest BCUT2D eigenvalue weighted by molar-refractivity contribution is 7.89. The summed E-state index contributed by atoms with van der Waals surface area (Å²) < 4.78 is 74.6. The lowest BCUT2D eigenvalue weighted by Gasteiger charge is -2.18. The van der Waals surface area contributed by atoms with Gasteiger partial charge in [0.1, 0.15) is 10.6 Å². The number of benzene rings is 2. The van der Waals surface area contributed by atoms with Gasteiger partial charge in [0.05, 0.1) is 33.5 Å². The molecule has 0 saturated heterocycles. The number of nitrogens with one attached hydrogen (secondary N) is 1. The van der Waals surface area contributed by atoms with Crippen LogP contribution in [0.2, 0.25) is 10.0 Å². The average Bonchev–Trinajstić information content (AvgIpc) is 3.10. The quantitative estimate of drug-likeness (QED) is 0.392. The summed E-state index contributed by atoms with van der Waals surface area (Å²) in [6.45, 7) is 5.75. The van der Waals surface area contributed by atoms with Crippen molar-refractivity contribution in [3.05, 3.63) is 69.5 Å². The molecule has 12 heteroatoms. The lowest BCUT2D eigenvalue weighted by atomic mass is 10.2. The van der Waals surface area contributed by atoms with Gasteiger partial charge in [-0.25, -0.2) is 18.1 Å². The molecule has 0 aliphatic carbocycles. The van der Waals surface area contributed by atoms with Crippen molar-refractivity contribution in [2.24, 2.45) is 0 Å². The van der Waals surface area contributed by atoms with Crippen molar-refractivity contribution < 1.29 is 26.3 Å². The van der Waals surface area contributed by atoms with Crippen LogP contribution in [0.5, 0.6) is 11.8 Å². The third-order valence-corrected chi connectivity index (χ3v) is 7.23. The number of halogens is 5. The largest absolute Gasteiger partial charge is 0.426 e. The number of hydrogen-bond donors (Lipinski definition) is 1. The number of ether oxygens (including phenoxy) is 1. The topological polar surface area (TPSA) is 73.2 Å². The van der Waals surface area contributed by atoms with E-state index >= 15 is 0 Å². The van der Waals surface area contributed by atoms with Crippen molar-refractivity contribution in [3.8, 4) is 11.8 Å². The molecule has 0 fully saturated rings. The predicted octanol–water partition coefficient (Wildman–Crippen LogP) is 6.37. The molecule has 1 unspecified atom stereocenters. The Morgan fingerprint density at radius 2 is 1.73 bits per heavy atom. The van der Waals surface area contributed by atoms with Crippen molar-refractivity contribution >= 4 is 33.2 Å². The van der Waals surface area contributed by atoms with E-state index in [0.717, 1.165) is 5.56 Å². The first kappa shape index (κ1) is 25.4. The van der Waals surface area contributed by atoms with Gasteiger partial charge in [-0.3, -0.25) is 4.57 Å². The molecule has 0 saturated carbocycles. The predicted molar refractivity (Wildman–Crippen MR) is 119 cm³/mol. The van der Waals surface area contributed by atoms with Crippen LogP contribution in [0.3, 0.4) is 0 Å². The zero-order chi connectivity index (χ0) is 24.6. The summed E-state index contributed by atoms with van der Waals surface area (Å²) in [7, 11) is -4.37. The van der Waals surface area contributed by atoms with Gasteiger partial charge < -0.3 is 4.74 Å². The molecule has 178 valence electrons. The molecule has 0 radical (unpaired) electrons. The standard InChI is InChI=1S/C21H20Cl2F3N3O3S/c1-4-29-18(11-27-20(29)32-15-7-5-12(2)6-8-15)13(3)28-33(30,31)19-16(22)9-14(10-17(19)23)21(24,25)26/h5-11,13,28H,4H2,1-3H3. The van der Waals surface area contributed by atoms with E-state index in [9.17, 15) is 21.6 Å². The number of imidazole rings is 1. The van der Waals surface area contributed by atoms with E-state index in [1.165, 1.54) is 6.20 Å². The Kier molecular flexibility index (Phi) is 7.33. The van der Waals surface area contributed by atoms with Gasteiger partial charge in [0.25, 0.3) is 0 Å². The van der Waals surface area contributed by atoms with Crippen LogP contribution in [0.1, 0.15) is 36.7 Å². The first-order chi connectivity index (χ1) is 15.3. The highest BCUT2D eigenvalue weighted by Crippen LogP contribution is 2.38. The first-order valence-electron chi connectivity index (χ1n) is 9.72. The van der Waals surface area contributed by atoms with Crippen LogP contribution in [0.25, 0.3) is 0 Å². The smallest absolute Gasteiger partial charge is 0.416 e. The molecule has 0 amide bonds. The Bertz CT molecular complexity index is 1240. The van der Waals surface area contributed by atoms with Crippen LogP contribution in [0.4, 0.5) is 13.2 Å². The third kappa shape index (κ3) is 5.63.